The highest BCUT2D eigenvalue weighted by atomic mass is 16.5. The Bertz CT molecular complexity index is 896. The lowest BCUT2D eigenvalue weighted by molar-refractivity contribution is -0.00701. The van der Waals surface area contributed by atoms with E-state index in [0.29, 0.717) is 18.7 Å². The molecule has 7 nitrogen and oxygen atoms in total. The molecular weight excluding hydrogens is 318 g/mol. The molecule has 3 aromatic rings. The predicted octanol–water partition coefficient (Wildman–Crippen LogP) is 2.58. The van der Waals surface area contributed by atoms with Crippen molar-refractivity contribution in [3.63, 3.8) is 0 Å². The lowest BCUT2D eigenvalue weighted by Gasteiger charge is -2.25. The van der Waals surface area contributed by atoms with E-state index in [4.69, 9.17) is 4.74 Å². The second kappa shape index (κ2) is 6.00. The van der Waals surface area contributed by atoms with Crippen LogP contribution in [0.25, 0.3) is 11.0 Å². The predicted molar refractivity (Wildman–Crippen MR) is 93.1 cm³/mol. The number of H-pyrrole nitrogens is 2. The van der Waals surface area contributed by atoms with Gasteiger partial charge >= 0.3 is 0 Å². The lowest BCUT2D eigenvalue weighted by atomic mass is 9.99. The van der Waals surface area contributed by atoms with E-state index in [2.05, 4.69) is 20.2 Å². The summed E-state index contributed by atoms with van der Waals surface area (Å²) in [6.45, 7) is 4.38. The summed E-state index contributed by atoms with van der Waals surface area (Å²) in [4.78, 5) is 22.3. The number of ether oxygens (including phenoxy) is 1. The van der Waals surface area contributed by atoms with Crippen molar-refractivity contribution in [3.8, 4) is 0 Å². The Morgan fingerprint density at radius 2 is 2.16 bits per heavy atom. The Morgan fingerprint density at radius 1 is 1.36 bits per heavy atom. The first-order valence-corrected chi connectivity index (χ1v) is 8.44. The monoisotopic (exact) mass is 339 g/mol. The average molecular weight is 339 g/mol. The number of nitrogens with zero attached hydrogens (tertiary/aromatic N) is 3. The summed E-state index contributed by atoms with van der Waals surface area (Å²) in [6.07, 6.45) is 0.691. The summed E-state index contributed by atoms with van der Waals surface area (Å²) < 4.78 is 5.78. The first kappa shape index (κ1) is 15.8. The van der Waals surface area contributed by atoms with Gasteiger partial charge in [-0.05, 0) is 26.0 Å². The van der Waals surface area contributed by atoms with Gasteiger partial charge in [0, 0.05) is 19.0 Å². The number of hydrogen-bond acceptors (Lipinski definition) is 4. The van der Waals surface area contributed by atoms with Gasteiger partial charge in [-0.3, -0.25) is 9.89 Å². The van der Waals surface area contributed by atoms with Crippen LogP contribution in [0.15, 0.2) is 24.3 Å². The van der Waals surface area contributed by atoms with Crippen LogP contribution in [0, 0.1) is 0 Å². The van der Waals surface area contributed by atoms with E-state index in [9.17, 15) is 4.79 Å². The third kappa shape index (κ3) is 2.80. The molecule has 0 unspecified atom stereocenters. The van der Waals surface area contributed by atoms with Crippen LogP contribution in [-0.4, -0.2) is 44.1 Å². The van der Waals surface area contributed by atoms with E-state index in [1.54, 1.807) is 11.9 Å². The number of carbonyl (C=O) groups excluding carboxylic acids is 1. The summed E-state index contributed by atoms with van der Waals surface area (Å²) in [6, 6.07) is 7.83. The summed E-state index contributed by atoms with van der Waals surface area (Å²) in [5.74, 6) is 0.644. The maximum atomic E-state index is 12.9. The number of amides is 1. The van der Waals surface area contributed by atoms with Crippen molar-refractivity contribution in [1.82, 2.24) is 25.1 Å². The SMILES string of the molecule is C[C@@H]1Cc2c(C(=O)N(C)Cc3nc4ccccc4[nH]3)n[nH]c2[C@H](C)O1. The second-order valence-corrected chi connectivity index (χ2v) is 6.62. The summed E-state index contributed by atoms with van der Waals surface area (Å²) in [5.41, 5.74) is 4.22. The maximum absolute atomic E-state index is 12.9. The summed E-state index contributed by atoms with van der Waals surface area (Å²) >= 11 is 0. The van der Waals surface area contributed by atoms with Crippen LogP contribution < -0.4 is 0 Å². The molecule has 0 spiro atoms. The van der Waals surface area contributed by atoms with Crippen LogP contribution in [0.4, 0.5) is 0 Å². The van der Waals surface area contributed by atoms with Crippen LogP contribution in [0.5, 0.6) is 0 Å². The van der Waals surface area contributed by atoms with Gasteiger partial charge < -0.3 is 14.6 Å². The minimum absolute atomic E-state index is 0.0755. The largest absolute Gasteiger partial charge is 0.369 e. The van der Waals surface area contributed by atoms with Gasteiger partial charge in [-0.1, -0.05) is 12.1 Å². The van der Waals surface area contributed by atoms with Crippen molar-refractivity contribution < 1.29 is 9.53 Å². The molecule has 1 amide bonds. The lowest BCUT2D eigenvalue weighted by Crippen LogP contribution is -2.29. The van der Waals surface area contributed by atoms with Gasteiger partial charge in [0.25, 0.3) is 5.91 Å². The highest BCUT2D eigenvalue weighted by Gasteiger charge is 2.30. The molecule has 2 N–H and O–H groups in total. The van der Waals surface area contributed by atoms with Crippen molar-refractivity contribution in [3.05, 3.63) is 47.0 Å². The van der Waals surface area contributed by atoms with Crippen LogP contribution >= 0.6 is 0 Å². The Hall–Kier alpha value is -2.67. The fourth-order valence-electron chi connectivity index (χ4n) is 3.41. The second-order valence-electron chi connectivity index (χ2n) is 6.62. The fraction of sp³-hybridized carbons (Fsp3) is 0.389. The van der Waals surface area contributed by atoms with Crippen LogP contribution in [0.2, 0.25) is 0 Å². The normalized spacial score (nSPS) is 19.8. The standard InChI is InChI=1S/C18H21N5O2/c1-10-8-12-16(11(2)25-10)21-22-17(12)18(24)23(3)9-15-19-13-6-4-5-7-14(13)20-15/h4-7,10-11H,8-9H2,1-3H3,(H,19,20)(H,21,22)/t10-,11+/m1/s1. The van der Waals surface area contributed by atoms with Gasteiger partial charge in [0.1, 0.15) is 5.82 Å². The van der Waals surface area contributed by atoms with E-state index in [1.165, 1.54) is 0 Å². The molecule has 1 aliphatic rings. The molecule has 1 aromatic carbocycles. The molecule has 0 saturated carbocycles. The van der Waals surface area contributed by atoms with E-state index in [0.717, 1.165) is 28.1 Å². The van der Waals surface area contributed by atoms with Gasteiger partial charge in [-0.2, -0.15) is 5.10 Å². The summed E-state index contributed by atoms with van der Waals surface area (Å²) in [5, 5.41) is 7.23. The number of hydrogen-bond donors (Lipinski definition) is 2. The van der Waals surface area contributed by atoms with Gasteiger partial charge in [0.15, 0.2) is 5.69 Å². The minimum Gasteiger partial charge on any atom is -0.369 e. The van der Waals surface area contributed by atoms with Crippen molar-refractivity contribution >= 4 is 16.9 Å². The molecule has 0 aliphatic carbocycles. The van der Waals surface area contributed by atoms with Gasteiger partial charge in [-0.15, -0.1) is 0 Å². The van der Waals surface area contributed by atoms with E-state index >= 15 is 0 Å². The zero-order valence-corrected chi connectivity index (χ0v) is 14.5. The van der Waals surface area contributed by atoms with Gasteiger partial charge in [0.2, 0.25) is 0 Å². The van der Waals surface area contributed by atoms with Gasteiger partial charge in [0.05, 0.1) is 35.5 Å². The van der Waals surface area contributed by atoms with Crippen LogP contribution in [0.3, 0.4) is 0 Å². The molecule has 0 saturated heterocycles. The maximum Gasteiger partial charge on any atom is 0.274 e. The van der Waals surface area contributed by atoms with Crippen molar-refractivity contribution in [2.24, 2.45) is 0 Å². The number of para-hydroxylation sites is 2. The zero-order chi connectivity index (χ0) is 17.6. The first-order chi connectivity index (χ1) is 12.0. The molecule has 2 aromatic heterocycles. The topological polar surface area (TPSA) is 86.9 Å². The third-order valence-electron chi connectivity index (χ3n) is 4.61. The molecule has 3 heterocycles. The highest BCUT2D eigenvalue weighted by molar-refractivity contribution is 5.94. The van der Waals surface area contributed by atoms with E-state index in [1.807, 2.05) is 38.1 Å². The number of benzene rings is 1. The minimum atomic E-state index is -0.112. The van der Waals surface area contributed by atoms with Crippen LogP contribution in [0.1, 0.15) is 47.5 Å². The molecule has 4 rings (SSSR count). The molecule has 7 heteroatoms. The Balaban J connectivity index is 1.56. The van der Waals surface area contributed by atoms with Crippen molar-refractivity contribution in [2.75, 3.05) is 7.05 Å². The van der Waals surface area contributed by atoms with Crippen molar-refractivity contribution in [1.29, 1.82) is 0 Å². The van der Waals surface area contributed by atoms with E-state index < -0.39 is 0 Å². The molecular formula is C18H21N5O2. The number of fused-ring (bicyclic) bond motifs is 2. The quantitative estimate of drug-likeness (QED) is 0.768. The highest BCUT2D eigenvalue weighted by Crippen LogP contribution is 2.30. The number of aromatic nitrogens is 4. The van der Waals surface area contributed by atoms with Crippen LogP contribution in [-0.2, 0) is 17.7 Å². The first-order valence-electron chi connectivity index (χ1n) is 8.44. The molecule has 0 radical (unpaired) electrons. The molecule has 2 atom stereocenters. The Labute approximate surface area is 145 Å². The number of imidazole rings is 1. The Kier molecular flexibility index (Phi) is 3.80. The molecule has 25 heavy (non-hydrogen) atoms. The zero-order valence-electron chi connectivity index (χ0n) is 14.5. The molecule has 0 bridgehead atoms. The fourth-order valence-corrected chi connectivity index (χ4v) is 3.41. The molecule has 0 fully saturated rings. The molecule has 1 aliphatic heterocycles. The van der Waals surface area contributed by atoms with E-state index in [-0.39, 0.29) is 18.1 Å². The Morgan fingerprint density at radius 3 is 2.96 bits per heavy atom. The number of aromatic amines is 2. The number of carbonyl (C=O) groups is 1. The molecule has 130 valence electrons. The van der Waals surface area contributed by atoms with Crippen molar-refractivity contribution in [2.45, 2.75) is 39.0 Å². The van der Waals surface area contributed by atoms with Gasteiger partial charge in [-0.25, -0.2) is 4.98 Å². The smallest absolute Gasteiger partial charge is 0.274 e. The third-order valence-corrected chi connectivity index (χ3v) is 4.61. The average Bonchev–Trinajstić information content (AvgIpc) is 3.17. The summed E-state index contributed by atoms with van der Waals surface area (Å²) in [7, 11) is 1.77. The number of rotatable bonds is 3. The number of nitrogens with one attached hydrogen (secondary N) is 2.